The van der Waals surface area contributed by atoms with Gasteiger partial charge >= 0.3 is 6.18 Å². The van der Waals surface area contributed by atoms with Crippen molar-refractivity contribution in [2.75, 3.05) is 5.32 Å². The van der Waals surface area contributed by atoms with E-state index in [1.54, 1.807) is 0 Å². The molecule has 1 aromatic rings. The topological polar surface area (TPSA) is 80.9 Å². The smallest absolute Gasteiger partial charge is 0.320 e. The number of halogens is 4. The summed E-state index contributed by atoms with van der Waals surface area (Å²) in [6, 6.07) is -0.816. The average Bonchev–Trinajstić information content (AvgIpc) is 2.51. The second-order valence-electron chi connectivity index (χ2n) is 2.69. The van der Waals surface area contributed by atoms with Gasteiger partial charge in [0.25, 0.3) is 0 Å². The van der Waals surface area contributed by atoms with Gasteiger partial charge in [0, 0.05) is 0 Å². The lowest BCUT2D eigenvalue weighted by molar-refractivity contribution is -0.138. The highest BCUT2D eigenvalue weighted by molar-refractivity contribution is 7.15. The van der Waals surface area contributed by atoms with Crippen LogP contribution in [-0.4, -0.2) is 22.1 Å². The van der Waals surface area contributed by atoms with Crippen molar-refractivity contribution in [3.63, 3.8) is 0 Å². The quantitative estimate of drug-likeness (QED) is 0.852. The van der Waals surface area contributed by atoms with Gasteiger partial charge in [0.2, 0.25) is 16.0 Å². The molecule has 5 nitrogen and oxygen atoms in total. The first-order chi connectivity index (χ1) is 6.80. The maximum absolute atomic E-state index is 12.1. The van der Waals surface area contributed by atoms with Crippen molar-refractivity contribution in [1.82, 2.24) is 10.2 Å². The monoisotopic (exact) mass is 276 g/mol. The van der Waals surface area contributed by atoms with Gasteiger partial charge in [-0.1, -0.05) is 11.3 Å². The van der Waals surface area contributed by atoms with E-state index in [4.69, 9.17) is 5.73 Å². The fourth-order valence-electron chi connectivity index (χ4n) is 0.608. The Bertz CT molecular complexity index is 367. The highest BCUT2D eigenvalue weighted by Crippen LogP contribution is 2.32. The predicted octanol–water partition coefficient (Wildman–Crippen LogP) is 1.26. The number of carbonyl (C=O) groups is 1. The molecular weight excluding hydrogens is 269 g/mol. The molecule has 3 N–H and O–H groups in total. The van der Waals surface area contributed by atoms with Gasteiger partial charge in [-0.15, -0.1) is 22.6 Å². The lowest BCUT2D eigenvalue weighted by Gasteiger charge is -2.02. The second-order valence-corrected chi connectivity index (χ2v) is 3.67. The third-order valence-corrected chi connectivity index (χ3v) is 2.19. The lowest BCUT2D eigenvalue weighted by atomic mass is 10.3. The molecule has 0 bridgehead atoms. The van der Waals surface area contributed by atoms with E-state index >= 15 is 0 Å². The molecule has 0 aromatic carbocycles. The van der Waals surface area contributed by atoms with E-state index in [-0.39, 0.29) is 28.9 Å². The van der Waals surface area contributed by atoms with Crippen LogP contribution in [0.3, 0.4) is 0 Å². The standard InChI is InChI=1S/C6H7F3N4OS.ClH/c1-2(10)3(14)11-5-13-12-4(15-5)6(7,8)9;/h2H,10H2,1H3,(H,11,13,14);1H/t2-;/m0./s1. The van der Waals surface area contributed by atoms with Crippen LogP contribution in [0, 0.1) is 0 Å². The summed E-state index contributed by atoms with van der Waals surface area (Å²) in [6.07, 6.45) is -4.55. The Morgan fingerprint density at radius 1 is 1.50 bits per heavy atom. The molecule has 0 fully saturated rings. The Balaban J connectivity index is 0.00000225. The number of carbonyl (C=O) groups excluding carboxylic acids is 1. The summed E-state index contributed by atoms with van der Waals surface area (Å²) in [4.78, 5) is 11.0. The minimum Gasteiger partial charge on any atom is -0.320 e. The summed E-state index contributed by atoms with van der Waals surface area (Å²) in [5.41, 5.74) is 5.20. The predicted molar refractivity (Wildman–Crippen MR) is 54.4 cm³/mol. The Hall–Kier alpha value is -0.930. The van der Waals surface area contributed by atoms with Crippen molar-refractivity contribution in [3.05, 3.63) is 5.01 Å². The second kappa shape index (κ2) is 5.41. The molecule has 0 saturated carbocycles. The zero-order chi connectivity index (χ0) is 11.6. The van der Waals surface area contributed by atoms with Crippen molar-refractivity contribution in [3.8, 4) is 0 Å². The number of amides is 1. The van der Waals surface area contributed by atoms with Crippen LogP contribution in [0.1, 0.15) is 11.9 Å². The summed E-state index contributed by atoms with van der Waals surface area (Å²) < 4.78 is 36.2. The zero-order valence-corrected chi connectivity index (χ0v) is 9.54. The number of aromatic nitrogens is 2. The lowest BCUT2D eigenvalue weighted by Crippen LogP contribution is -2.32. The number of alkyl halides is 3. The number of anilines is 1. The van der Waals surface area contributed by atoms with Crippen LogP contribution in [0.2, 0.25) is 0 Å². The Labute approximate surface area is 98.6 Å². The van der Waals surface area contributed by atoms with Crippen LogP contribution in [0.15, 0.2) is 0 Å². The summed E-state index contributed by atoms with van der Waals surface area (Å²) in [5.74, 6) is -0.611. The zero-order valence-electron chi connectivity index (χ0n) is 7.91. The number of rotatable bonds is 2. The molecule has 10 heteroatoms. The molecule has 0 saturated heterocycles. The summed E-state index contributed by atoms with van der Waals surface area (Å²) in [5, 5.41) is 6.84. The van der Waals surface area contributed by atoms with Crippen molar-refractivity contribution in [2.24, 2.45) is 5.73 Å². The van der Waals surface area contributed by atoms with E-state index in [9.17, 15) is 18.0 Å². The molecule has 0 aliphatic heterocycles. The van der Waals surface area contributed by atoms with Gasteiger partial charge < -0.3 is 5.73 Å². The van der Waals surface area contributed by atoms with Crippen molar-refractivity contribution < 1.29 is 18.0 Å². The maximum atomic E-state index is 12.1. The molecule has 92 valence electrons. The first-order valence-corrected chi connectivity index (χ1v) is 4.59. The molecule has 0 spiro atoms. The van der Waals surface area contributed by atoms with Gasteiger partial charge in [0.15, 0.2) is 0 Å². The SMILES string of the molecule is C[C@H](N)C(=O)Nc1nnc(C(F)(F)F)s1.Cl. The van der Waals surface area contributed by atoms with E-state index in [1.807, 2.05) is 0 Å². The van der Waals surface area contributed by atoms with Crippen LogP contribution in [-0.2, 0) is 11.0 Å². The van der Waals surface area contributed by atoms with Gasteiger partial charge in [-0.3, -0.25) is 10.1 Å². The molecule has 1 rings (SSSR count). The van der Waals surface area contributed by atoms with Crippen LogP contribution in [0.5, 0.6) is 0 Å². The van der Waals surface area contributed by atoms with Gasteiger partial charge in [-0.2, -0.15) is 13.2 Å². The Kier molecular flexibility index (Phi) is 5.10. The van der Waals surface area contributed by atoms with Crippen molar-refractivity contribution in [2.45, 2.75) is 19.1 Å². The summed E-state index contributed by atoms with van der Waals surface area (Å²) in [6.45, 7) is 1.40. The Morgan fingerprint density at radius 3 is 2.44 bits per heavy atom. The molecule has 1 atom stereocenters. The van der Waals surface area contributed by atoms with Gasteiger partial charge in [0.1, 0.15) is 0 Å². The first kappa shape index (κ1) is 15.1. The van der Waals surface area contributed by atoms with E-state index in [1.165, 1.54) is 6.92 Å². The molecule has 0 aliphatic carbocycles. The maximum Gasteiger partial charge on any atom is 0.445 e. The van der Waals surface area contributed by atoms with E-state index in [2.05, 4.69) is 15.5 Å². The van der Waals surface area contributed by atoms with Gasteiger partial charge in [0.05, 0.1) is 6.04 Å². The van der Waals surface area contributed by atoms with E-state index in [0.717, 1.165) is 0 Å². The summed E-state index contributed by atoms with van der Waals surface area (Å²) in [7, 11) is 0. The molecule has 0 aliphatic rings. The fourth-order valence-corrected chi connectivity index (χ4v) is 1.22. The number of nitrogens with zero attached hydrogens (tertiary/aromatic N) is 2. The highest BCUT2D eigenvalue weighted by Gasteiger charge is 2.35. The molecule has 0 unspecified atom stereocenters. The minimum absolute atomic E-state index is 0. The molecular formula is C6H8ClF3N4OS. The number of nitrogens with one attached hydrogen (secondary N) is 1. The molecule has 1 aromatic heterocycles. The molecule has 1 heterocycles. The number of hydrogen-bond acceptors (Lipinski definition) is 5. The minimum atomic E-state index is -4.55. The van der Waals surface area contributed by atoms with Crippen LogP contribution < -0.4 is 11.1 Å². The van der Waals surface area contributed by atoms with Crippen LogP contribution >= 0.6 is 23.7 Å². The third kappa shape index (κ3) is 3.91. The van der Waals surface area contributed by atoms with E-state index < -0.39 is 23.1 Å². The molecule has 16 heavy (non-hydrogen) atoms. The number of nitrogens with two attached hydrogens (primary N) is 1. The average molecular weight is 277 g/mol. The first-order valence-electron chi connectivity index (χ1n) is 3.78. The summed E-state index contributed by atoms with van der Waals surface area (Å²) >= 11 is 0.251. The fraction of sp³-hybridized carbons (Fsp3) is 0.500. The van der Waals surface area contributed by atoms with Crippen molar-refractivity contribution >= 4 is 34.8 Å². The van der Waals surface area contributed by atoms with Crippen LogP contribution in [0.4, 0.5) is 18.3 Å². The normalized spacial score (nSPS) is 12.8. The molecule has 0 radical (unpaired) electrons. The van der Waals surface area contributed by atoms with E-state index in [0.29, 0.717) is 0 Å². The number of hydrogen-bond donors (Lipinski definition) is 2. The van der Waals surface area contributed by atoms with Crippen molar-refractivity contribution in [1.29, 1.82) is 0 Å². The van der Waals surface area contributed by atoms with Crippen LogP contribution in [0.25, 0.3) is 0 Å². The highest BCUT2D eigenvalue weighted by atomic mass is 35.5. The van der Waals surface area contributed by atoms with Gasteiger partial charge in [-0.05, 0) is 6.92 Å². The molecule has 1 amide bonds. The largest absolute Gasteiger partial charge is 0.445 e. The van der Waals surface area contributed by atoms with Gasteiger partial charge in [-0.25, -0.2) is 0 Å². The Morgan fingerprint density at radius 2 is 2.06 bits per heavy atom. The third-order valence-electron chi connectivity index (χ3n) is 1.31.